The number of rotatable bonds is 7. The van der Waals surface area contributed by atoms with Crippen molar-refractivity contribution in [3.63, 3.8) is 0 Å². The number of hydrogen-bond donors (Lipinski definition) is 0. The minimum Gasteiger partial charge on any atom is -0.287 e. The molecule has 3 heterocycles. The number of nitrogens with zero attached hydrogens (tertiary/aromatic N) is 4. The van der Waals surface area contributed by atoms with Crippen LogP contribution in [0.3, 0.4) is 0 Å². The van der Waals surface area contributed by atoms with E-state index in [1.165, 1.54) is 10.4 Å². The van der Waals surface area contributed by atoms with E-state index in [2.05, 4.69) is 53.2 Å². The molecule has 0 aliphatic heterocycles. The molecule has 0 atom stereocenters. The lowest BCUT2D eigenvalue weighted by Crippen LogP contribution is -2.23. The van der Waals surface area contributed by atoms with Crippen molar-refractivity contribution in [3.05, 3.63) is 75.8 Å². The molecular formula is C20H24N4S. The minimum atomic E-state index is 0.337. The highest BCUT2D eigenvalue weighted by Crippen LogP contribution is 2.20. The molecule has 3 rings (SSSR count). The molecule has 0 fully saturated rings. The van der Waals surface area contributed by atoms with Gasteiger partial charge in [-0.15, -0.1) is 11.3 Å². The maximum absolute atomic E-state index is 4.74. The molecule has 0 aliphatic carbocycles. The van der Waals surface area contributed by atoms with Crippen molar-refractivity contribution < 1.29 is 0 Å². The molecule has 0 saturated carbocycles. The van der Waals surface area contributed by atoms with Crippen molar-refractivity contribution in [2.75, 3.05) is 0 Å². The van der Waals surface area contributed by atoms with E-state index >= 15 is 0 Å². The van der Waals surface area contributed by atoms with Crippen LogP contribution >= 0.6 is 11.3 Å². The number of hydrogen-bond acceptors (Lipinski definition) is 5. The van der Waals surface area contributed by atoms with Gasteiger partial charge in [0.2, 0.25) is 0 Å². The van der Waals surface area contributed by atoms with Gasteiger partial charge in [0.05, 0.1) is 11.4 Å². The van der Waals surface area contributed by atoms with Crippen LogP contribution in [0.4, 0.5) is 0 Å². The Bertz CT molecular complexity index is 798. The molecule has 4 nitrogen and oxygen atoms in total. The molecule has 0 unspecified atom stereocenters. The van der Waals surface area contributed by atoms with Crippen LogP contribution in [0.1, 0.15) is 47.4 Å². The zero-order valence-corrected chi connectivity index (χ0v) is 15.8. The maximum atomic E-state index is 4.74. The molecule has 3 aromatic heterocycles. The summed E-state index contributed by atoms with van der Waals surface area (Å²) in [4.78, 5) is 17.4. The van der Waals surface area contributed by atoms with Gasteiger partial charge in [0.15, 0.2) is 0 Å². The quantitative estimate of drug-likeness (QED) is 0.625. The molecule has 0 radical (unpaired) electrons. The van der Waals surface area contributed by atoms with Gasteiger partial charge in [0.1, 0.15) is 5.82 Å². The van der Waals surface area contributed by atoms with E-state index in [9.17, 15) is 0 Å². The van der Waals surface area contributed by atoms with Gasteiger partial charge < -0.3 is 0 Å². The Balaban J connectivity index is 1.80. The number of thiophene rings is 1. The second-order valence-electron chi connectivity index (χ2n) is 6.55. The first kappa shape index (κ1) is 17.7. The second kappa shape index (κ2) is 8.32. The Hall–Kier alpha value is -2.11. The Kier molecular flexibility index (Phi) is 5.89. The molecule has 0 amide bonds. The summed E-state index contributed by atoms with van der Waals surface area (Å²) >= 11 is 1.81. The van der Waals surface area contributed by atoms with E-state index in [1.807, 2.05) is 41.9 Å². The van der Waals surface area contributed by atoms with Crippen LogP contribution in [0.25, 0.3) is 0 Å². The molecule has 3 aromatic rings. The highest BCUT2D eigenvalue weighted by molar-refractivity contribution is 7.10. The first-order chi connectivity index (χ1) is 12.1. The summed E-state index contributed by atoms with van der Waals surface area (Å²) < 4.78 is 0. The second-order valence-corrected chi connectivity index (χ2v) is 7.55. The number of aromatic nitrogens is 3. The summed E-state index contributed by atoms with van der Waals surface area (Å²) in [5.41, 5.74) is 3.49. The normalized spacial score (nSPS) is 11.4. The van der Waals surface area contributed by atoms with Crippen LogP contribution in [0.2, 0.25) is 0 Å². The lowest BCUT2D eigenvalue weighted by atomic mass is 10.2. The Morgan fingerprint density at radius 2 is 1.80 bits per heavy atom. The average molecular weight is 353 g/mol. The van der Waals surface area contributed by atoms with Gasteiger partial charge in [-0.1, -0.05) is 19.9 Å². The molecule has 0 aliphatic rings. The molecule has 130 valence electrons. The smallest absolute Gasteiger partial charge is 0.131 e. The van der Waals surface area contributed by atoms with Crippen molar-refractivity contribution in [2.45, 2.75) is 46.3 Å². The van der Waals surface area contributed by atoms with Crippen LogP contribution in [-0.4, -0.2) is 19.9 Å². The maximum Gasteiger partial charge on any atom is 0.131 e. The van der Waals surface area contributed by atoms with E-state index in [1.54, 1.807) is 0 Å². The minimum absolute atomic E-state index is 0.337. The van der Waals surface area contributed by atoms with Crippen molar-refractivity contribution in [3.8, 4) is 0 Å². The van der Waals surface area contributed by atoms with Gasteiger partial charge in [-0.3, -0.25) is 9.88 Å². The summed E-state index contributed by atoms with van der Waals surface area (Å²) in [5, 5.41) is 2.16. The summed E-state index contributed by atoms with van der Waals surface area (Å²) in [7, 11) is 0. The summed E-state index contributed by atoms with van der Waals surface area (Å²) in [6, 6.07) is 10.3. The lowest BCUT2D eigenvalue weighted by Gasteiger charge is -2.22. The third kappa shape index (κ3) is 4.94. The Morgan fingerprint density at radius 3 is 2.48 bits per heavy atom. The van der Waals surface area contributed by atoms with Crippen LogP contribution in [0, 0.1) is 6.92 Å². The zero-order chi connectivity index (χ0) is 17.6. The number of pyridine rings is 1. The van der Waals surface area contributed by atoms with Crippen molar-refractivity contribution in [1.29, 1.82) is 0 Å². The van der Waals surface area contributed by atoms with Crippen LogP contribution in [-0.2, 0) is 19.6 Å². The van der Waals surface area contributed by atoms with E-state index in [0.29, 0.717) is 5.92 Å². The van der Waals surface area contributed by atoms with E-state index < -0.39 is 0 Å². The SMILES string of the molecule is Cc1ccsc1CN(Cc1ccccn1)Cc1ccnc(C(C)C)n1. The van der Waals surface area contributed by atoms with Crippen molar-refractivity contribution >= 4 is 11.3 Å². The monoisotopic (exact) mass is 352 g/mol. The predicted octanol–water partition coefficient (Wildman–Crippen LogP) is 4.57. The summed E-state index contributed by atoms with van der Waals surface area (Å²) in [6.45, 7) is 8.92. The lowest BCUT2D eigenvalue weighted by molar-refractivity contribution is 0.243. The predicted molar refractivity (Wildman–Crippen MR) is 102 cm³/mol. The highest BCUT2D eigenvalue weighted by atomic mass is 32.1. The van der Waals surface area contributed by atoms with E-state index in [-0.39, 0.29) is 0 Å². The van der Waals surface area contributed by atoms with Gasteiger partial charge in [-0.2, -0.15) is 0 Å². The fourth-order valence-electron chi connectivity index (χ4n) is 2.67. The van der Waals surface area contributed by atoms with Gasteiger partial charge >= 0.3 is 0 Å². The molecule has 0 saturated heterocycles. The number of aryl methyl sites for hydroxylation is 1. The van der Waals surface area contributed by atoms with E-state index in [4.69, 9.17) is 4.98 Å². The Labute approximate surface area is 153 Å². The Morgan fingerprint density at radius 1 is 0.960 bits per heavy atom. The van der Waals surface area contributed by atoms with Crippen LogP contribution in [0.15, 0.2) is 48.1 Å². The molecule has 0 bridgehead atoms. The van der Waals surface area contributed by atoms with Gasteiger partial charge in [0, 0.05) is 42.8 Å². The third-order valence-electron chi connectivity index (χ3n) is 4.08. The molecular weight excluding hydrogens is 328 g/mol. The molecule has 0 spiro atoms. The van der Waals surface area contributed by atoms with Crippen molar-refractivity contribution in [2.24, 2.45) is 0 Å². The molecule has 0 aromatic carbocycles. The first-order valence-corrected chi connectivity index (χ1v) is 9.47. The largest absolute Gasteiger partial charge is 0.287 e. The van der Waals surface area contributed by atoms with E-state index in [0.717, 1.165) is 36.8 Å². The van der Waals surface area contributed by atoms with Gasteiger partial charge in [-0.25, -0.2) is 9.97 Å². The standard InChI is InChI=1S/C20H24N4S/c1-15(2)20-22-10-7-18(23-20)13-24(12-17-6-4-5-9-21-17)14-19-16(3)8-11-25-19/h4-11,15H,12-14H2,1-3H3. The highest BCUT2D eigenvalue weighted by Gasteiger charge is 2.13. The summed E-state index contributed by atoms with van der Waals surface area (Å²) in [6.07, 6.45) is 3.72. The fourth-order valence-corrected chi connectivity index (χ4v) is 3.61. The first-order valence-electron chi connectivity index (χ1n) is 8.59. The zero-order valence-electron chi connectivity index (χ0n) is 15.0. The molecule has 5 heteroatoms. The third-order valence-corrected chi connectivity index (χ3v) is 5.09. The van der Waals surface area contributed by atoms with Crippen molar-refractivity contribution in [1.82, 2.24) is 19.9 Å². The topological polar surface area (TPSA) is 41.9 Å². The van der Waals surface area contributed by atoms with Gasteiger partial charge in [0.25, 0.3) is 0 Å². The van der Waals surface area contributed by atoms with Gasteiger partial charge in [-0.05, 0) is 42.1 Å². The summed E-state index contributed by atoms with van der Waals surface area (Å²) in [5.74, 6) is 1.24. The van der Waals surface area contributed by atoms with Crippen LogP contribution in [0.5, 0.6) is 0 Å². The fraction of sp³-hybridized carbons (Fsp3) is 0.350. The van der Waals surface area contributed by atoms with Crippen LogP contribution < -0.4 is 0 Å². The molecule has 25 heavy (non-hydrogen) atoms. The molecule has 0 N–H and O–H groups in total. The average Bonchev–Trinajstić information content (AvgIpc) is 3.01.